The fourth-order valence-corrected chi connectivity index (χ4v) is 2.78. The van der Waals surface area contributed by atoms with Crippen LogP contribution in [-0.4, -0.2) is 12.6 Å². The molecule has 2 heteroatoms. The minimum absolute atomic E-state index is 0.0142. The van der Waals surface area contributed by atoms with Gasteiger partial charge in [0.25, 0.3) is 0 Å². The summed E-state index contributed by atoms with van der Waals surface area (Å²) in [5.74, 6) is 0.479. The fraction of sp³-hybridized carbons (Fsp3) is 0.929. The summed E-state index contributed by atoms with van der Waals surface area (Å²) >= 11 is 0. The van der Waals surface area contributed by atoms with E-state index in [0.717, 1.165) is 32.1 Å². The van der Waals surface area contributed by atoms with Gasteiger partial charge in [0.2, 0.25) is 0 Å². The van der Waals surface area contributed by atoms with E-state index in [1.54, 1.807) is 0 Å². The van der Waals surface area contributed by atoms with Gasteiger partial charge >= 0.3 is 5.97 Å². The summed E-state index contributed by atoms with van der Waals surface area (Å²) in [6.45, 7) is 11.0. The van der Waals surface area contributed by atoms with Crippen LogP contribution in [0.1, 0.15) is 66.7 Å². The SMILES string of the molecule is CCCC(CC)C(CC)(CC)C(=O)OCC. The van der Waals surface area contributed by atoms with Gasteiger partial charge in [0.15, 0.2) is 0 Å². The van der Waals surface area contributed by atoms with Gasteiger partial charge in [0.1, 0.15) is 0 Å². The van der Waals surface area contributed by atoms with Crippen molar-refractivity contribution in [2.24, 2.45) is 11.3 Å². The summed E-state index contributed by atoms with van der Waals surface area (Å²) in [6, 6.07) is 0. The van der Waals surface area contributed by atoms with Crippen LogP contribution in [0, 0.1) is 11.3 Å². The second-order valence-corrected chi connectivity index (χ2v) is 4.48. The first kappa shape index (κ1) is 15.5. The van der Waals surface area contributed by atoms with Gasteiger partial charge in [0, 0.05) is 0 Å². The van der Waals surface area contributed by atoms with Crippen LogP contribution < -0.4 is 0 Å². The van der Waals surface area contributed by atoms with Gasteiger partial charge in [0.05, 0.1) is 12.0 Å². The Bertz CT molecular complexity index is 195. The highest BCUT2D eigenvalue weighted by Crippen LogP contribution is 2.41. The van der Waals surface area contributed by atoms with E-state index in [1.165, 1.54) is 0 Å². The predicted molar refractivity (Wildman–Crippen MR) is 68.3 cm³/mol. The molecule has 0 heterocycles. The van der Waals surface area contributed by atoms with E-state index in [-0.39, 0.29) is 11.4 Å². The zero-order valence-electron chi connectivity index (χ0n) is 11.6. The molecule has 0 aliphatic rings. The molecule has 0 aromatic carbocycles. The van der Waals surface area contributed by atoms with E-state index < -0.39 is 0 Å². The number of hydrogen-bond donors (Lipinski definition) is 0. The highest BCUT2D eigenvalue weighted by molar-refractivity contribution is 5.77. The molecule has 0 bridgehead atoms. The first-order valence-corrected chi connectivity index (χ1v) is 6.79. The lowest BCUT2D eigenvalue weighted by molar-refractivity contribution is -0.160. The molecule has 0 saturated heterocycles. The molecule has 0 amide bonds. The van der Waals surface area contributed by atoms with Crippen LogP contribution in [0.5, 0.6) is 0 Å². The fourth-order valence-electron chi connectivity index (χ4n) is 2.78. The third-order valence-corrected chi connectivity index (χ3v) is 3.86. The quantitative estimate of drug-likeness (QED) is 0.582. The highest BCUT2D eigenvalue weighted by Gasteiger charge is 2.42. The maximum absolute atomic E-state index is 12.2. The van der Waals surface area contributed by atoms with E-state index in [0.29, 0.717) is 12.5 Å². The molecule has 1 unspecified atom stereocenters. The lowest BCUT2D eigenvalue weighted by Gasteiger charge is -2.36. The molecule has 0 fully saturated rings. The molecule has 96 valence electrons. The predicted octanol–water partition coefficient (Wildman–Crippen LogP) is 4.18. The Morgan fingerprint density at radius 1 is 1.12 bits per heavy atom. The molecule has 0 aliphatic heterocycles. The molecular weight excluding hydrogens is 200 g/mol. The number of hydrogen-bond acceptors (Lipinski definition) is 2. The number of carbonyl (C=O) groups is 1. The van der Waals surface area contributed by atoms with Crippen LogP contribution in [0.2, 0.25) is 0 Å². The summed E-state index contributed by atoms with van der Waals surface area (Å²) in [5, 5.41) is 0. The summed E-state index contributed by atoms with van der Waals surface area (Å²) in [6.07, 6.45) is 5.10. The first-order valence-electron chi connectivity index (χ1n) is 6.79. The zero-order valence-corrected chi connectivity index (χ0v) is 11.6. The Labute approximate surface area is 101 Å². The molecule has 0 aliphatic carbocycles. The van der Waals surface area contributed by atoms with Crippen LogP contribution in [-0.2, 0) is 9.53 Å². The van der Waals surface area contributed by atoms with Crippen LogP contribution >= 0.6 is 0 Å². The Morgan fingerprint density at radius 2 is 1.69 bits per heavy atom. The van der Waals surface area contributed by atoms with Gasteiger partial charge in [-0.15, -0.1) is 0 Å². The summed E-state index contributed by atoms with van der Waals surface area (Å²) in [7, 11) is 0. The number of esters is 1. The molecule has 0 radical (unpaired) electrons. The second-order valence-electron chi connectivity index (χ2n) is 4.48. The molecule has 16 heavy (non-hydrogen) atoms. The molecule has 0 spiro atoms. The van der Waals surface area contributed by atoms with E-state index >= 15 is 0 Å². The lowest BCUT2D eigenvalue weighted by atomic mass is 9.68. The van der Waals surface area contributed by atoms with Crippen molar-refractivity contribution in [3.63, 3.8) is 0 Å². The number of rotatable bonds is 8. The van der Waals surface area contributed by atoms with Gasteiger partial charge in [-0.25, -0.2) is 0 Å². The molecule has 0 aromatic rings. The molecule has 0 N–H and O–H groups in total. The van der Waals surface area contributed by atoms with Crippen molar-refractivity contribution >= 4 is 5.97 Å². The summed E-state index contributed by atoms with van der Waals surface area (Å²) in [4.78, 5) is 12.2. The average molecular weight is 228 g/mol. The number of ether oxygens (including phenoxy) is 1. The van der Waals surface area contributed by atoms with Crippen LogP contribution in [0.3, 0.4) is 0 Å². The minimum atomic E-state index is -0.249. The monoisotopic (exact) mass is 228 g/mol. The van der Waals surface area contributed by atoms with Crippen molar-refractivity contribution in [3.8, 4) is 0 Å². The van der Waals surface area contributed by atoms with Crippen molar-refractivity contribution in [2.45, 2.75) is 66.7 Å². The van der Waals surface area contributed by atoms with Crippen molar-refractivity contribution in [1.29, 1.82) is 0 Å². The Kier molecular flexibility index (Phi) is 7.44. The lowest BCUT2D eigenvalue weighted by Crippen LogP contribution is -2.39. The molecule has 0 saturated carbocycles. The standard InChI is InChI=1S/C14H28O2/c1-6-11-12(7-2)14(8-3,9-4)13(15)16-10-5/h12H,6-11H2,1-5H3. The van der Waals surface area contributed by atoms with Crippen molar-refractivity contribution in [3.05, 3.63) is 0 Å². The third kappa shape index (κ3) is 3.23. The maximum Gasteiger partial charge on any atom is 0.312 e. The molecule has 2 nitrogen and oxygen atoms in total. The van der Waals surface area contributed by atoms with E-state index in [2.05, 4.69) is 27.7 Å². The second kappa shape index (κ2) is 7.70. The van der Waals surface area contributed by atoms with Crippen molar-refractivity contribution in [2.75, 3.05) is 6.61 Å². The van der Waals surface area contributed by atoms with Crippen LogP contribution in [0.4, 0.5) is 0 Å². The normalized spacial score (nSPS) is 13.6. The Hall–Kier alpha value is -0.530. The van der Waals surface area contributed by atoms with Crippen molar-refractivity contribution in [1.82, 2.24) is 0 Å². The average Bonchev–Trinajstić information content (AvgIpc) is 2.30. The molecule has 1 atom stereocenters. The van der Waals surface area contributed by atoms with Gasteiger partial charge in [-0.05, 0) is 32.1 Å². The maximum atomic E-state index is 12.2. The topological polar surface area (TPSA) is 26.3 Å². The molecule has 0 aromatic heterocycles. The van der Waals surface area contributed by atoms with Crippen molar-refractivity contribution < 1.29 is 9.53 Å². The summed E-state index contributed by atoms with van der Waals surface area (Å²) < 4.78 is 5.28. The highest BCUT2D eigenvalue weighted by atomic mass is 16.5. The van der Waals surface area contributed by atoms with Gasteiger partial charge in [-0.3, -0.25) is 4.79 Å². The van der Waals surface area contributed by atoms with E-state index in [9.17, 15) is 4.79 Å². The van der Waals surface area contributed by atoms with Gasteiger partial charge in [-0.2, -0.15) is 0 Å². The zero-order chi connectivity index (χ0) is 12.6. The molecule has 0 rings (SSSR count). The largest absolute Gasteiger partial charge is 0.466 e. The van der Waals surface area contributed by atoms with Crippen LogP contribution in [0.25, 0.3) is 0 Å². The first-order chi connectivity index (χ1) is 7.62. The number of carbonyl (C=O) groups excluding carboxylic acids is 1. The summed E-state index contributed by atoms with van der Waals surface area (Å²) in [5.41, 5.74) is -0.249. The molecular formula is C14H28O2. The smallest absolute Gasteiger partial charge is 0.312 e. The Morgan fingerprint density at radius 3 is 2.00 bits per heavy atom. The Balaban J connectivity index is 4.95. The van der Waals surface area contributed by atoms with E-state index in [4.69, 9.17) is 4.74 Å². The van der Waals surface area contributed by atoms with Gasteiger partial charge in [-0.1, -0.05) is 40.5 Å². The van der Waals surface area contributed by atoms with Gasteiger partial charge < -0.3 is 4.74 Å². The van der Waals surface area contributed by atoms with Crippen LogP contribution in [0.15, 0.2) is 0 Å². The van der Waals surface area contributed by atoms with E-state index in [1.807, 2.05) is 6.92 Å². The third-order valence-electron chi connectivity index (χ3n) is 3.86. The minimum Gasteiger partial charge on any atom is -0.466 e.